The van der Waals surface area contributed by atoms with Crippen molar-refractivity contribution in [1.82, 2.24) is 5.01 Å². The van der Waals surface area contributed by atoms with Gasteiger partial charge in [0.1, 0.15) is 12.3 Å². The first kappa shape index (κ1) is 17.9. The average Bonchev–Trinajstić information content (AvgIpc) is 2.94. The van der Waals surface area contributed by atoms with Crippen molar-refractivity contribution in [3.63, 3.8) is 0 Å². The van der Waals surface area contributed by atoms with Gasteiger partial charge in [-0.25, -0.2) is 0 Å². The van der Waals surface area contributed by atoms with Crippen molar-refractivity contribution >= 4 is 40.8 Å². The van der Waals surface area contributed by atoms with Crippen LogP contribution in [0.15, 0.2) is 53.6 Å². The zero-order chi connectivity index (χ0) is 18.7. The summed E-state index contributed by atoms with van der Waals surface area (Å²) in [6.45, 7) is 0.169. The number of hydrogen-bond acceptors (Lipinski definition) is 5. The van der Waals surface area contributed by atoms with Crippen LogP contribution in [0.5, 0.6) is 5.75 Å². The summed E-state index contributed by atoms with van der Waals surface area (Å²) in [5, 5.41) is 5.90. The normalized spacial score (nSPS) is 14.4. The molecule has 6 nitrogen and oxygen atoms in total. The minimum Gasteiger partial charge on any atom is -0.497 e. The second kappa shape index (κ2) is 7.53. The molecular formula is C19H20N4O2S. The lowest BCUT2D eigenvalue weighted by atomic mass is 10.2. The zero-order valence-corrected chi connectivity index (χ0v) is 15.7. The van der Waals surface area contributed by atoms with Crippen molar-refractivity contribution in [3.8, 4) is 5.75 Å². The average molecular weight is 368 g/mol. The van der Waals surface area contributed by atoms with Gasteiger partial charge in [-0.05, 0) is 54.2 Å². The van der Waals surface area contributed by atoms with Gasteiger partial charge < -0.3 is 14.5 Å². The third kappa shape index (κ3) is 3.67. The van der Waals surface area contributed by atoms with E-state index in [0.29, 0.717) is 5.11 Å². The van der Waals surface area contributed by atoms with Crippen LogP contribution in [0.2, 0.25) is 0 Å². The van der Waals surface area contributed by atoms with E-state index < -0.39 is 0 Å². The van der Waals surface area contributed by atoms with E-state index in [4.69, 9.17) is 17.0 Å². The maximum atomic E-state index is 12.3. The number of rotatable bonds is 5. The van der Waals surface area contributed by atoms with Crippen molar-refractivity contribution in [2.75, 3.05) is 37.5 Å². The minimum absolute atomic E-state index is 0.160. The second-order valence-corrected chi connectivity index (χ2v) is 6.37. The first-order valence-corrected chi connectivity index (χ1v) is 8.50. The Bertz CT molecular complexity index is 832. The van der Waals surface area contributed by atoms with Crippen LogP contribution < -0.4 is 14.5 Å². The molecule has 0 unspecified atom stereocenters. The molecule has 0 bridgehead atoms. The Morgan fingerprint density at radius 3 is 2.35 bits per heavy atom. The van der Waals surface area contributed by atoms with Gasteiger partial charge in [0.2, 0.25) is 5.11 Å². The SMILES string of the molecule is COc1ccc(N2CC(=O)N(N=Cc3ccc(N(C)C)cc3)C2=S)cc1. The summed E-state index contributed by atoms with van der Waals surface area (Å²) in [5.74, 6) is 0.591. The van der Waals surface area contributed by atoms with Crippen molar-refractivity contribution < 1.29 is 9.53 Å². The van der Waals surface area contributed by atoms with Crippen molar-refractivity contribution in [2.45, 2.75) is 0 Å². The number of benzene rings is 2. The Kier molecular flexibility index (Phi) is 5.18. The molecule has 0 aromatic heterocycles. The smallest absolute Gasteiger partial charge is 0.269 e. The van der Waals surface area contributed by atoms with Gasteiger partial charge in [-0.3, -0.25) is 4.79 Å². The molecule has 0 atom stereocenters. The van der Waals surface area contributed by atoms with Gasteiger partial charge in [0, 0.05) is 25.5 Å². The van der Waals surface area contributed by atoms with Gasteiger partial charge in [-0.2, -0.15) is 10.1 Å². The van der Waals surface area contributed by atoms with Crippen LogP contribution in [0, 0.1) is 0 Å². The van der Waals surface area contributed by atoms with Crippen molar-refractivity contribution in [3.05, 3.63) is 54.1 Å². The summed E-state index contributed by atoms with van der Waals surface area (Å²) in [5.41, 5.74) is 2.83. The number of thiocarbonyl (C=S) groups is 1. The van der Waals surface area contributed by atoms with Crippen LogP contribution >= 0.6 is 12.2 Å². The molecule has 1 aliphatic heterocycles. The van der Waals surface area contributed by atoms with E-state index in [2.05, 4.69) is 5.10 Å². The standard InChI is InChI=1S/C19H20N4O2S/c1-21(2)15-6-4-14(5-7-15)12-20-23-18(24)13-22(19(23)26)16-8-10-17(25-3)11-9-16/h4-12H,13H2,1-3H3. The fourth-order valence-electron chi connectivity index (χ4n) is 2.55. The fraction of sp³-hybridized carbons (Fsp3) is 0.211. The molecule has 1 aliphatic rings. The highest BCUT2D eigenvalue weighted by molar-refractivity contribution is 7.80. The summed E-state index contributed by atoms with van der Waals surface area (Å²) in [6, 6.07) is 15.3. The molecule has 1 saturated heterocycles. The summed E-state index contributed by atoms with van der Waals surface area (Å²) in [4.78, 5) is 16.1. The van der Waals surface area contributed by atoms with E-state index in [1.165, 1.54) is 5.01 Å². The first-order valence-electron chi connectivity index (χ1n) is 8.09. The lowest BCUT2D eigenvalue weighted by Crippen LogP contribution is -2.29. The molecule has 0 N–H and O–H groups in total. The van der Waals surface area contributed by atoms with E-state index in [9.17, 15) is 4.79 Å². The molecule has 7 heteroatoms. The fourth-order valence-corrected chi connectivity index (χ4v) is 2.87. The Balaban J connectivity index is 1.74. The van der Waals surface area contributed by atoms with E-state index in [0.717, 1.165) is 22.7 Å². The van der Waals surface area contributed by atoms with E-state index in [-0.39, 0.29) is 12.5 Å². The van der Waals surface area contributed by atoms with Gasteiger partial charge in [-0.15, -0.1) is 0 Å². The first-order chi connectivity index (χ1) is 12.5. The van der Waals surface area contributed by atoms with Gasteiger partial charge >= 0.3 is 0 Å². The van der Waals surface area contributed by atoms with Crippen LogP contribution in [-0.2, 0) is 4.79 Å². The van der Waals surface area contributed by atoms with Crippen molar-refractivity contribution in [1.29, 1.82) is 0 Å². The highest BCUT2D eigenvalue weighted by Gasteiger charge is 2.33. The Labute approximate surface area is 158 Å². The maximum Gasteiger partial charge on any atom is 0.269 e. The minimum atomic E-state index is -0.160. The van der Waals surface area contributed by atoms with E-state index in [1.54, 1.807) is 18.2 Å². The van der Waals surface area contributed by atoms with Crippen LogP contribution in [0.4, 0.5) is 11.4 Å². The number of carbonyl (C=O) groups is 1. The van der Waals surface area contributed by atoms with Gasteiger partial charge in [-0.1, -0.05) is 12.1 Å². The predicted molar refractivity (Wildman–Crippen MR) is 108 cm³/mol. The molecule has 0 aliphatic carbocycles. The number of hydrogen-bond donors (Lipinski definition) is 0. The lowest BCUT2D eigenvalue weighted by molar-refractivity contribution is -0.124. The molecule has 1 amide bonds. The topological polar surface area (TPSA) is 48.4 Å². The molecule has 1 fully saturated rings. The molecule has 1 heterocycles. The monoisotopic (exact) mass is 368 g/mol. The molecule has 3 rings (SSSR count). The van der Waals surface area contributed by atoms with Gasteiger partial charge in [0.15, 0.2) is 0 Å². The summed E-state index contributed by atoms with van der Waals surface area (Å²) in [7, 11) is 5.58. The lowest BCUT2D eigenvalue weighted by Gasteiger charge is -2.17. The molecule has 134 valence electrons. The number of methoxy groups -OCH3 is 1. The van der Waals surface area contributed by atoms with Crippen LogP contribution in [0.25, 0.3) is 0 Å². The number of ether oxygens (including phenoxy) is 1. The van der Waals surface area contributed by atoms with Gasteiger partial charge in [0.05, 0.1) is 13.3 Å². The van der Waals surface area contributed by atoms with E-state index >= 15 is 0 Å². The number of nitrogens with zero attached hydrogens (tertiary/aromatic N) is 4. The largest absolute Gasteiger partial charge is 0.497 e. The van der Waals surface area contributed by atoms with Crippen LogP contribution in [0.1, 0.15) is 5.56 Å². The number of hydrazone groups is 1. The Morgan fingerprint density at radius 2 is 1.77 bits per heavy atom. The van der Waals surface area contributed by atoms with E-state index in [1.807, 2.05) is 67.5 Å². The zero-order valence-electron chi connectivity index (χ0n) is 14.9. The van der Waals surface area contributed by atoms with Crippen LogP contribution in [0.3, 0.4) is 0 Å². The maximum absolute atomic E-state index is 12.3. The molecule has 2 aromatic carbocycles. The highest BCUT2D eigenvalue weighted by atomic mass is 32.1. The highest BCUT2D eigenvalue weighted by Crippen LogP contribution is 2.24. The molecule has 0 saturated carbocycles. The third-order valence-corrected chi connectivity index (χ3v) is 4.45. The number of carbonyl (C=O) groups excluding carboxylic acids is 1. The molecule has 0 radical (unpaired) electrons. The predicted octanol–water partition coefficient (Wildman–Crippen LogP) is 2.73. The molecular weight excluding hydrogens is 348 g/mol. The summed E-state index contributed by atoms with van der Waals surface area (Å²) >= 11 is 5.43. The quantitative estimate of drug-likeness (QED) is 0.600. The van der Waals surface area contributed by atoms with Crippen LogP contribution in [-0.4, -0.2) is 50.0 Å². The summed E-state index contributed by atoms with van der Waals surface area (Å²) < 4.78 is 5.16. The Hall–Kier alpha value is -2.93. The summed E-state index contributed by atoms with van der Waals surface area (Å²) in [6.07, 6.45) is 1.64. The molecule has 2 aromatic rings. The Morgan fingerprint density at radius 1 is 1.12 bits per heavy atom. The number of anilines is 2. The van der Waals surface area contributed by atoms with Gasteiger partial charge in [0.25, 0.3) is 5.91 Å². The van der Waals surface area contributed by atoms with Crippen molar-refractivity contribution in [2.24, 2.45) is 5.10 Å². The number of amides is 1. The molecule has 26 heavy (non-hydrogen) atoms. The third-order valence-electron chi connectivity index (χ3n) is 4.06. The second-order valence-electron chi connectivity index (χ2n) is 6.00. The molecule has 0 spiro atoms.